The SMILES string of the molecule is CCOC(=O)CCN(CCc1ccc2ccccc2c1)[C@@H](C)CC(=O)O. The maximum atomic E-state index is 11.6. The molecule has 0 amide bonds. The number of carbonyl (C=O) groups is 2. The molecule has 0 spiro atoms. The third kappa shape index (κ3) is 6.15. The van der Waals surface area contributed by atoms with Gasteiger partial charge in [-0.1, -0.05) is 42.5 Å². The van der Waals surface area contributed by atoms with Crippen molar-refractivity contribution < 1.29 is 19.4 Å². The summed E-state index contributed by atoms with van der Waals surface area (Å²) < 4.78 is 4.98. The second-order valence-corrected chi connectivity index (χ2v) is 6.47. The Morgan fingerprint density at radius 1 is 1.12 bits per heavy atom. The van der Waals surface area contributed by atoms with E-state index in [4.69, 9.17) is 9.84 Å². The van der Waals surface area contributed by atoms with Crippen LogP contribution in [0.15, 0.2) is 42.5 Å². The van der Waals surface area contributed by atoms with Gasteiger partial charge in [-0.25, -0.2) is 0 Å². The number of hydrogen-bond donors (Lipinski definition) is 1. The topological polar surface area (TPSA) is 66.8 Å². The van der Waals surface area contributed by atoms with E-state index in [-0.39, 0.29) is 24.9 Å². The fourth-order valence-electron chi connectivity index (χ4n) is 3.07. The molecule has 5 nitrogen and oxygen atoms in total. The van der Waals surface area contributed by atoms with E-state index >= 15 is 0 Å². The van der Waals surface area contributed by atoms with E-state index in [1.807, 2.05) is 19.1 Å². The monoisotopic (exact) mass is 357 g/mol. The van der Waals surface area contributed by atoms with Crippen molar-refractivity contribution in [3.8, 4) is 0 Å². The van der Waals surface area contributed by atoms with E-state index in [1.54, 1.807) is 6.92 Å². The Morgan fingerprint density at radius 3 is 2.54 bits per heavy atom. The zero-order valence-electron chi connectivity index (χ0n) is 15.5. The van der Waals surface area contributed by atoms with E-state index in [9.17, 15) is 9.59 Å². The Labute approximate surface area is 154 Å². The normalized spacial score (nSPS) is 12.3. The molecule has 5 heteroatoms. The number of ether oxygens (including phenoxy) is 1. The van der Waals surface area contributed by atoms with E-state index in [0.29, 0.717) is 19.7 Å². The van der Waals surface area contributed by atoms with Crippen LogP contribution in [0.1, 0.15) is 32.3 Å². The van der Waals surface area contributed by atoms with Crippen molar-refractivity contribution in [2.45, 2.75) is 39.2 Å². The minimum absolute atomic E-state index is 0.0561. The van der Waals surface area contributed by atoms with Crippen LogP contribution < -0.4 is 0 Å². The van der Waals surface area contributed by atoms with Crippen LogP contribution in [0.3, 0.4) is 0 Å². The minimum Gasteiger partial charge on any atom is -0.481 e. The van der Waals surface area contributed by atoms with Gasteiger partial charge in [0.15, 0.2) is 0 Å². The molecule has 0 saturated carbocycles. The van der Waals surface area contributed by atoms with Crippen molar-refractivity contribution in [2.75, 3.05) is 19.7 Å². The Hall–Kier alpha value is -2.40. The largest absolute Gasteiger partial charge is 0.481 e. The fraction of sp³-hybridized carbons (Fsp3) is 0.429. The number of benzene rings is 2. The lowest BCUT2D eigenvalue weighted by Crippen LogP contribution is -2.38. The van der Waals surface area contributed by atoms with Crippen LogP contribution in [0, 0.1) is 0 Å². The van der Waals surface area contributed by atoms with Gasteiger partial charge in [0.1, 0.15) is 0 Å². The first-order valence-electron chi connectivity index (χ1n) is 9.08. The van der Waals surface area contributed by atoms with Crippen molar-refractivity contribution >= 4 is 22.7 Å². The van der Waals surface area contributed by atoms with Gasteiger partial charge >= 0.3 is 11.9 Å². The first kappa shape index (κ1) is 19.9. The lowest BCUT2D eigenvalue weighted by Gasteiger charge is -2.28. The number of aliphatic carboxylic acids is 1. The number of esters is 1. The van der Waals surface area contributed by atoms with Crippen LogP contribution in [0.4, 0.5) is 0 Å². The zero-order valence-corrected chi connectivity index (χ0v) is 15.5. The maximum absolute atomic E-state index is 11.6. The number of fused-ring (bicyclic) bond motifs is 1. The van der Waals surface area contributed by atoms with Crippen LogP contribution in [0.2, 0.25) is 0 Å². The molecule has 1 atom stereocenters. The summed E-state index contributed by atoms with van der Waals surface area (Å²) in [6, 6.07) is 14.5. The highest BCUT2D eigenvalue weighted by molar-refractivity contribution is 5.83. The van der Waals surface area contributed by atoms with Crippen LogP contribution in [-0.4, -0.2) is 47.7 Å². The van der Waals surface area contributed by atoms with Gasteiger partial charge in [0, 0.05) is 19.1 Å². The summed E-state index contributed by atoms with van der Waals surface area (Å²) in [5.41, 5.74) is 1.20. The average molecular weight is 357 g/mol. The number of rotatable bonds is 10. The van der Waals surface area contributed by atoms with Crippen molar-refractivity contribution in [1.82, 2.24) is 4.90 Å². The lowest BCUT2D eigenvalue weighted by molar-refractivity contribution is -0.143. The summed E-state index contributed by atoms with van der Waals surface area (Å²) >= 11 is 0. The number of carbonyl (C=O) groups excluding carboxylic acids is 1. The average Bonchev–Trinajstić information content (AvgIpc) is 2.61. The summed E-state index contributed by atoms with van der Waals surface area (Å²) in [5.74, 6) is -1.07. The third-order valence-corrected chi connectivity index (χ3v) is 4.50. The molecular weight excluding hydrogens is 330 g/mol. The maximum Gasteiger partial charge on any atom is 0.307 e. The molecular formula is C21H27NO4. The molecule has 0 heterocycles. The van der Waals surface area contributed by atoms with E-state index in [2.05, 4.69) is 35.2 Å². The predicted octanol–water partition coefficient (Wildman–Crippen LogP) is 3.50. The molecule has 0 aromatic heterocycles. The molecule has 0 aliphatic heterocycles. The molecule has 2 aromatic rings. The molecule has 26 heavy (non-hydrogen) atoms. The van der Waals surface area contributed by atoms with Crippen LogP contribution in [0.25, 0.3) is 10.8 Å². The second kappa shape index (κ2) is 9.92. The van der Waals surface area contributed by atoms with Gasteiger partial charge in [0.05, 0.1) is 19.4 Å². The number of carboxylic acid groups (broad SMARTS) is 1. The molecule has 0 fully saturated rings. The van der Waals surface area contributed by atoms with Gasteiger partial charge in [-0.3, -0.25) is 14.5 Å². The van der Waals surface area contributed by atoms with Gasteiger partial charge in [-0.05, 0) is 36.6 Å². The minimum atomic E-state index is -0.829. The Balaban J connectivity index is 2.01. The van der Waals surface area contributed by atoms with Gasteiger partial charge in [-0.2, -0.15) is 0 Å². The number of hydrogen-bond acceptors (Lipinski definition) is 4. The third-order valence-electron chi connectivity index (χ3n) is 4.50. The molecule has 2 rings (SSSR count). The molecule has 0 aliphatic carbocycles. The van der Waals surface area contributed by atoms with Crippen molar-refractivity contribution in [3.05, 3.63) is 48.0 Å². The zero-order chi connectivity index (χ0) is 18.9. The highest BCUT2D eigenvalue weighted by Crippen LogP contribution is 2.17. The van der Waals surface area contributed by atoms with E-state index in [1.165, 1.54) is 16.3 Å². The van der Waals surface area contributed by atoms with E-state index < -0.39 is 5.97 Å². The molecule has 2 aromatic carbocycles. The first-order chi connectivity index (χ1) is 12.5. The lowest BCUT2D eigenvalue weighted by atomic mass is 10.0. The summed E-state index contributed by atoms with van der Waals surface area (Å²) in [4.78, 5) is 24.8. The molecule has 0 unspecified atom stereocenters. The summed E-state index contributed by atoms with van der Waals surface area (Å²) in [5, 5.41) is 11.5. The number of nitrogens with zero attached hydrogens (tertiary/aromatic N) is 1. The summed E-state index contributed by atoms with van der Waals surface area (Å²) in [6.45, 7) is 5.23. The molecule has 0 aliphatic rings. The van der Waals surface area contributed by atoms with Crippen LogP contribution in [0.5, 0.6) is 0 Å². The number of carboxylic acids is 1. The summed E-state index contributed by atoms with van der Waals surface area (Å²) in [7, 11) is 0. The van der Waals surface area contributed by atoms with Crippen molar-refractivity contribution in [3.63, 3.8) is 0 Å². The standard InChI is InChI=1S/C21H27NO4/c1-3-26-21(25)11-13-22(16(2)14-20(23)24)12-10-17-8-9-18-6-4-5-7-19(18)15-17/h4-9,15-16H,3,10-14H2,1-2H3,(H,23,24)/t16-/m0/s1. The molecule has 140 valence electrons. The Kier molecular flexibility index (Phi) is 7.60. The predicted molar refractivity (Wildman–Crippen MR) is 102 cm³/mol. The Morgan fingerprint density at radius 2 is 1.85 bits per heavy atom. The van der Waals surface area contributed by atoms with Crippen molar-refractivity contribution in [1.29, 1.82) is 0 Å². The van der Waals surface area contributed by atoms with E-state index in [0.717, 1.165) is 6.42 Å². The van der Waals surface area contributed by atoms with Crippen LogP contribution >= 0.6 is 0 Å². The molecule has 0 bridgehead atoms. The fourth-order valence-corrected chi connectivity index (χ4v) is 3.07. The first-order valence-corrected chi connectivity index (χ1v) is 9.08. The Bertz CT molecular complexity index is 744. The van der Waals surface area contributed by atoms with Crippen molar-refractivity contribution in [2.24, 2.45) is 0 Å². The smallest absolute Gasteiger partial charge is 0.307 e. The molecule has 0 saturated heterocycles. The van der Waals surface area contributed by atoms with Gasteiger partial charge < -0.3 is 9.84 Å². The second-order valence-electron chi connectivity index (χ2n) is 6.47. The quantitative estimate of drug-likeness (QED) is 0.659. The molecule has 1 N–H and O–H groups in total. The van der Waals surface area contributed by atoms with Gasteiger partial charge in [-0.15, -0.1) is 0 Å². The van der Waals surface area contributed by atoms with Crippen LogP contribution in [-0.2, 0) is 20.7 Å². The van der Waals surface area contributed by atoms with Gasteiger partial charge in [0.25, 0.3) is 0 Å². The van der Waals surface area contributed by atoms with Gasteiger partial charge in [0.2, 0.25) is 0 Å². The highest BCUT2D eigenvalue weighted by Gasteiger charge is 2.18. The summed E-state index contributed by atoms with van der Waals surface area (Å²) in [6.07, 6.45) is 1.13. The highest BCUT2D eigenvalue weighted by atomic mass is 16.5. The molecule has 0 radical (unpaired) electrons.